The Morgan fingerprint density at radius 3 is 2.35 bits per heavy atom. The highest BCUT2D eigenvalue weighted by Gasteiger charge is 2.60. The Balaban J connectivity index is 1.34. The Morgan fingerprint density at radius 1 is 0.980 bits per heavy atom. The second kappa shape index (κ2) is 13.8. The van der Waals surface area contributed by atoms with Crippen LogP contribution in [0.4, 0.5) is 22.0 Å². The van der Waals surface area contributed by atoms with Gasteiger partial charge in [0.2, 0.25) is 6.39 Å². The molecule has 1 N–H and O–H groups in total. The van der Waals surface area contributed by atoms with E-state index in [9.17, 15) is 31.3 Å². The van der Waals surface area contributed by atoms with E-state index >= 15 is 0 Å². The van der Waals surface area contributed by atoms with E-state index in [1.54, 1.807) is 44.2 Å². The number of fused-ring (bicyclic) bond motifs is 3. The van der Waals surface area contributed by atoms with Gasteiger partial charge in [0, 0.05) is 11.6 Å². The molecule has 51 heavy (non-hydrogen) atoms. The summed E-state index contributed by atoms with van der Waals surface area (Å²) in [6.07, 6.45) is -3.97. The van der Waals surface area contributed by atoms with Crippen LogP contribution in [0, 0.1) is 0 Å². The maximum atomic E-state index is 14.8. The number of ether oxygens (including phenoxy) is 1. The number of hydrogen-bond donors (Lipinski definition) is 1. The number of esters is 1. The molecule has 0 fully saturated rings. The summed E-state index contributed by atoms with van der Waals surface area (Å²) in [5.74, 6) is -5.79. The number of nitrogens with one attached hydrogen (secondary N) is 1. The van der Waals surface area contributed by atoms with Crippen LogP contribution in [0.15, 0.2) is 89.8 Å². The van der Waals surface area contributed by atoms with Crippen molar-refractivity contribution < 1.29 is 49.5 Å². The second-order valence-electron chi connectivity index (χ2n) is 11.5. The number of hydrogen-bond acceptors (Lipinski definition) is 10. The van der Waals surface area contributed by atoms with Gasteiger partial charge < -0.3 is 13.7 Å². The van der Waals surface area contributed by atoms with Crippen LogP contribution in [-0.2, 0) is 31.1 Å². The third-order valence-electron chi connectivity index (χ3n) is 7.35. The van der Waals surface area contributed by atoms with Gasteiger partial charge in [0.05, 0.1) is 12.7 Å². The Morgan fingerprint density at radius 2 is 1.71 bits per heavy atom. The highest BCUT2D eigenvalue weighted by Crippen LogP contribution is 2.47. The van der Waals surface area contributed by atoms with Crippen molar-refractivity contribution in [2.75, 3.05) is 0 Å². The maximum absolute atomic E-state index is 14.8. The lowest BCUT2D eigenvalue weighted by molar-refractivity contribution is -0.290. The molecule has 4 aromatic heterocycles. The van der Waals surface area contributed by atoms with Crippen molar-refractivity contribution >= 4 is 30.4 Å². The van der Waals surface area contributed by atoms with Crippen molar-refractivity contribution in [1.29, 1.82) is 0 Å². The summed E-state index contributed by atoms with van der Waals surface area (Å²) in [5, 5.41) is 10.2. The van der Waals surface area contributed by atoms with Crippen LogP contribution in [0.3, 0.4) is 0 Å². The molecule has 18 heteroatoms. The van der Waals surface area contributed by atoms with Gasteiger partial charge in [0.15, 0.2) is 0 Å². The molecule has 0 radical (unpaired) electrons. The molecule has 0 aliphatic carbocycles. The first-order chi connectivity index (χ1) is 24.1. The SMILES string of the molecule is CC(C)OC(=O)[C@H](C)N[P@@](=O)(OCc1ccc(-c2cc(C(F)(F)C(F)(F)F)nc3c2ccc2nc(-c4nnco4)cn23)cc1)Oc1ccccc1. The van der Waals surface area contributed by atoms with Crippen molar-refractivity contribution in [3.63, 3.8) is 0 Å². The van der Waals surface area contributed by atoms with E-state index in [2.05, 4.69) is 25.3 Å². The average Bonchev–Trinajstić information content (AvgIpc) is 3.78. The molecule has 266 valence electrons. The number of nitrogens with zero attached hydrogens (tertiary/aromatic N) is 5. The first-order valence-corrected chi connectivity index (χ1v) is 16.8. The minimum absolute atomic E-state index is 0.000482. The number of carbonyl (C=O) groups is 1. The normalized spacial score (nSPS) is 14.1. The van der Waals surface area contributed by atoms with E-state index < -0.39 is 43.7 Å². The summed E-state index contributed by atoms with van der Waals surface area (Å²) in [6, 6.07) is 16.7. The van der Waals surface area contributed by atoms with Crippen molar-refractivity contribution in [1.82, 2.24) is 29.7 Å². The topological polar surface area (TPSA) is 143 Å². The fourth-order valence-corrected chi connectivity index (χ4v) is 6.41. The molecular formula is C33H28F5N6O6P. The molecule has 4 heterocycles. The number of halogens is 5. The summed E-state index contributed by atoms with van der Waals surface area (Å²) in [6.45, 7) is 4.44. The Bertz CT molecular complexity index is 2210. The fraction of sp³-hybridized carbons (Fsp3) is 0.242. The predicted molar refractivity (Wildman–Crippen MR) is 172 cm³/mol. The first-order valence-electron chi connectivity index (χ1n) is 15.2. The molecule has 6 aromatic rings. The van der Waals surface area contributed by atoms with Crippen molar-refractivity contribution in [2.45, 2.75) is 51.6 Å². The Labute approximate surface area is 286 Å². The van der Waals surface area contributed by atoms with Gasteiger partial charge in [-0.05, 0) is 67.8 Å². The number of benzene rings is 2. The third-order valence-corrected chi connectivity index (χ3v) is 8.97. The van der Waals surface area contributed by atoms with E-state index in [0.717, 1.165) is 6.39 Å². The van der Waals surface area contributed by atoms with E-state index in [-0.39, 0.29) is 51.7 Å². The number of pyridine rings is 2. The number of rotatable bonds is 12. The fourth-order valence-electron chi connectivity index (χ4n) is 4.94. The number of imidazole rings is 1. The number of para-hydroxylation sites is 1. The molecule has 2 aromatic carbocycles. The lowest BCUT2D eigenvalue weighted by Crippen LogP contribution is -2.36. The lowest BCUT2D eigenvalue weighted by atomic mass is 9.99. The van der Waals surface area contributed by atoms with Crippen LogP contribution >= 0.6 is 7.75 Å². The molecule has 0 saturated heterocycles. The quantitative estimate of drug-likeness (QED) is 0.0746. The van der Waals surface area contributed by atoms with Crippen LogP contribution in [0.5, 0.6) is 5.75 Å². The smallest absolute Gasteiger partial charge is 0.459 e. The number of carbonyl (C=O) groups excluding carboxylic acids is 1. The van der Waals surface area contributed by atoms with Gasteiger partial charge in [0.1, 0.15) is 34.5 Å². The van der Waals surface area contributed by atoms with Crippen LogP contribution < -0.4 is 9.61 Å². The molecule has 0 bridgehead atoms. The van der Waals surface area contributed by atoms with E-state index in [4.69, 9.17) is 18.2 Å². The molecule has 0 unspecified atom stereocenters. The van der Waals surface area contributed by atoms with Crippen LogP contribution in [0.25, 0.3) is 39.4 Å². The molecule has 0 spiro atoms. The molecule has 0 saturated carbocycles. The zero-order valence-electron chi connectivity index (χ0n) is 27.0. The maximum Gasteiger partial charge on any atom is 0.459 e. The standard InChI is InChI=1S/C33H28F5N6O6P/c1-19(2)49-31(45)20(3)43-51(46,50-23-7-5-4-6-8-23)48-17-21-9-11-22(12-10-21)25-15-27(32(34,35)33(36,37)38)41-29-24(25)13-14-28-40-26(16-44(28)29)30-42-39-18-47-30/h4-16,18-20H,17H2,1-3H3,(H,43,46)/t20-,51+/m0/s1. The van der Waals surface area contributed by atoms with Gasteiger partial charge in [-0.3, -0.25) is 13.7 Å². The van der Waals surface area contributed by atoms with Gasteiger partial charge >= 0.3 is 25.8 Å². The van der Waals surface area contributed by atoms with Crippen molar-refractivity contribution in [3.05, 3.63) is 96.6 Å². The van der Waals surface area contributed by atoms with Gasteiger partial charge in [-0.15, -0.1) is 10.2 Å². The lowest BCUT2D eigenvalue weighted by Gasteiger charge is -2.23. The molecule has 12 nitrogen and oxygen atoms in total. The van der Waals surface area contributed by atoms with E-state index in [1.807, 2.05) is 0 Å². The molecule has 0 aliphatic rings. The highest BCUT2D eigenvalue weighted by atomic mass is 31.2. The summed E-state index contributed by atoms with van der Waals surface area (Å²) in [7, 11) is -4.22. The summed E-state index contributed by atoms with van der Waals surface area (Å²) in [5.41, 5.74) is -0.736. The minimum Gasteiger partial charge on any atom is -0.462 e. The first kappa shape index (κ1) is 35.6. The average molecular weight is 731 g/mol. The van der Waals surface area contributed by atoms with Gasteiger partial charge in [-0.2, -0.15) is 27.0 Å². The predicted octanol–water partition coefficient (Wildman–Crippen LogP) is 7.89. The minimum atomic E-state index is -5.93. The summed E-state index contributed by atoms with van der Waals surface area (Å²) in [4.78, 5) is 20.5. The van der Waals surface area contributed by atoms with Crippen LogP contribution in [0.1, 0.15) is 32.0 Å². The van der Waals surface area contributed by atoms with E-state index in [1.165, 1.54) is 53.9 Å². The number of aromatic nitrogens is 5. The molecule has 0 amide bonds. The van der Waals surface area contributed by atoms with Crippen LogP contribution in [0.2, 0.25) is 0 Å². The summed E-state index contributed by atoms with van der Waals surface area (Å²) >= 11 is 0. The zero-order chi connectivity index (χ0) is 36.6. The molecular weight excluding hydrogens is 702 g/mol. The zero-order valence-corrected chi connectivity index (χ0v) is 27.9. The highest BCUT2D eigenvalue weighted by molar-refractivity contribution is 7.52. The Hall–Kier alpha value is -5.25. The third kappa shape index (κ3) is 7.60. The Kier molecular flexibility index (Phi) is 9.63. The summed E-state index contributed by atoms with van der Waals surface area (Å²) < 4.78 is 107. The molecule has 6 rings (SSSR count). The van der Waals surface area contributed by atoms with Gasteiger partial charge in [-0.1, -0.05) is 42.5 Å². The van der Waals surface area contributed by atoms with Gasteiger partial charge in [-0.25, -0.2) is 14.5 Å². The largest absolute Gasteiger partial charge is 0.462 e. The number of alkyl halides is 5. The second-order valence-corrected chi connectivity index (χ2v) is 13.2. The van der Waals surface area contributed by atoms with E-state index in [0.29, 0.717) is 11.6 Å². The van der Waals surface area contributed by atoms with Crippen molar-refractivity contribution in [3.8, 4) is 28.5 Å². The van der Waals surface area contributed by atoms with Gasteiger partial charge in [0.25, 0.3) is 5.89 Å². The monoisotopic (exact) mass is 730 g/mol. The van der Waals surface area contributed by atoms with Crippen LogP contribution in [-0.4, -0.2) is 48.9 Å². The van der Waals surface area contributed by atoms with Crippen molar-refractivity contribution in [2.24, 2.45) is 0 Å². The molecule has 0 aliphatic heterocycles. The molecule has 2 atom stereocenters.